The molecule has 74 valence electrons. The van der Waals surface area contributed by atoms with Crippen LogP contribution in [0.25, 0.3) is 0 Å². The van der Waals surface area contributed by atoms with Crippen molar-refractivity contribution in [3.8, 4) is 0 Å². The van der Waals surface area contributed by atoms with E-state index in [4.69, 9.17) is 0 Å². The van der Waals surface area contributed by atoms with E-state index in [0.29, 0.717) is 0 Å². The van der Waals surface area contributed by atoms with Crippen LogP contribution in [0, 0.1) is 0 Å². The lowest BCUT2D eigenvalue weighted by Gasteiger charge is -2.22. The van der Waals surface area contributed by atoms with Gasteiger partial charge in [0, 0.05) is 6.54 Å². The molecule has 0 aliphatic heterocycles. The number of aliphatic hydroxyl groups is 1. The topological polar surface area (TPSA) is 23.5 Å². The van der Waals surface area contributed by atoms with Crippen molar-refractivity contribution in [1.29, 1.82) is 0 Å². The SMILES string of the molecule is CCCCN(CC)CC(O)CC. The summed E-state index contributed by atoms with van der Waals surface area (Å²) in [5.74, 6) is 0. The molecule has 0 aromatic heterocycles. The molecule has 0 fully saturated rings. The van der Waals surface area contributed by atoms with E-state index >= 15 is 0 Å². The Balaban J connectivity index is 3.51. The second kappa shape index (κ2) is 7.56. The van der Waals surface area contributed by atoms with Gasteiger partial charge in [-0.15, -0.1) is 0 Å². The maximum Gasteiger partial charge on any atom is 0.0664 e. The number of unbranched alkanes of at least 4 members (excludes halogenated alkanes) is 1. The Labute approximate surface area is 76.6 Å². The van der Waals surface area contributed by atoms with Gasteiger partial charge in [-0.05, 0) is 25.9 Å². The summed E-state index contributed by atoms with van der Waals surface area (Å²) in [4.78, 5) is 2.32. The second-order valence-corrected chi connectivity index (χ2v) is 3.31. The lowest BCUT2D eigenvalue weighted by molar-refractivity contribution is 0.111. The molecule has 0 saturated heterocycles. The predicted octanol–water partition coefficient (Wildman–Crippen LogP) is 1.88. The quantitative estimate of drug-likeness (QED) is 0.635. The summed E-state index contributed by atoms with van der Waals surface area (Å²) >= 11 is 0. The molecule has 0 aliphatic rings. The van der Waals surface area contributed by atoms with Gasteiger partial charge in [-0.1, -0.05) is 27.2 Å². The number of likely N-dealkylation sites (N-methyl/N-ethyl adjacent to an activating group) is 1. The molecule has 1 unspecified atom stereocenters. The van der Waals surface area contributed by atoms with Crippen molar-refractivity contribution in [3.05, 3.63) is 0 Å². The van der Waals surface area contributed by atoms with Crippen LogP contribution < -0.4 is 0 Å². The van der Waals surface area contributed by atoms with E-state index in [1.165, 1.54) is 12.8 Å². The zero-order valence-electron chi connectivity index (χ0n) is 8.71. The molecule has 0 radical (unpaired) electrons. The van der Waals surface area contributed by atoms with Crippen LogP contribution in [-0.4, -0.2) is 35.7 Å². The van der Waals surface area contributed by atoms with E-state index in [1.807, 2.05) is 6.92 Å². The molecule has 2 heteroatoms. The van der Waals surface area contributed by atoms with E-state index in [9.17, 15) is 5.11 Å². The summed E-state index contributed by atoms with van der Waals surface area (Å²) in [7, 11) is 0. The molecule has 0 bridgehead atoms. The number of nitrogens with zero attached hydrogens (tertiary/aromatic N) is 1. The number of hydrogen-bond acceptors (Lipinski definition) is 2. The van der Waals surface area contributed by atoms with E-state index in [0.717, 1.165) is 26.1 Å². The van der Waals surface area contributed by atoms with Crippen LogP contribution in [-0.2, 0) is 0 Å². The third-order valence-corrected chi connectivity index (χ3v) is 2.22. The first-order valence-corrected chi connectivity index (χ1v) is 5.14. The largest absolute Gasteiger partial charge is 0.392 e. The summed E-state index contributed by atoms with van der Waals surface area (Å²) in [5, 5.41) is 9.42. The van der Waals surface area contributed by atoms with Crippen molar-refractivity contribution in [3.63, 3.8) is 0 Å². The second-order valence-electron chi connectivity index (χ2n) is 3.31. The molecule has 1 atom stereocenters. The number of rotatable bonds is 7. The third kappa shape index (κ3) is 5.56. The molecule has 0 rings (SSSR count). The van der Waals surface area contributed by atoms with Crippen LogP contribution in [0.3, 0.4) is 0 Å². The molecule has 2 nitrogen and oxygen atoms in total. The first-order valence-electron chi connectivity index (χ1n) is 5.14. The summed E-state index contributed by atoms with van der Waals surface area (Å²) in [5.41, 5.74) is 0. The van der Waals surface area contributed by atoms with Crippen molar-refractivity contribution < 1.29 is 5.11 Å². The third-order valence-electron chi connectivity index (χ3n) is 2.22. The standard InChI is InChI=1S/C10H23NO/c1-4-7-8-11(6-3)9-10(12)5-2/h10,12H,4-9H2,1-3H3. The van der Waals surface area contributed by atoms with E-state index in [-0.39, 0.29) is 6.10 Å². The highest BCUT2D eigenvalue weighted by molar-refractivity contribution is 4.61. The van der Waals surface area contributed by atoms with Gasteiger partial charge in [-0.3, -0.25) is 0 Å². The first kappa shape index (κ1) is 11.9. The maximum absolute atomic E-state index is 9.42. The molecule has 0 saturated carbocycles. The summed E-state index contributed by atoms with van der Waals surface area (Å²) in [6.07, 6.45) is 3.20. The van der Waals surface area contributed by atoms with Crippen molar-refractivity contribution in [1.82, 2.24) is 4.90 Å². The molecule has 1 N–H and O–H groups in total. The highest BCUT2D eigenvalue weighted by Crippen LogP contribution is 1.98. The Morgan fingerprint density at radius 3 is 2.33 bits per heavy atom. The lowest BCUT2D eigenvalue weighted by atomic mass is 10.2. The highest BCUT2D eigenvalue weighted by atomic mass is 16.3. The fourth-order valence-corrected chi connectivity index (χ4v) is 1.19. The minimum atomic E-state index is -0.137. The zero-order valence-corrected chi connectivity index (χ0v) is 8.71. The van der Waals surface area contributed by atoms with Gasteiger partial charge in [0.15, 0.2) is 0 Å². The van der Waals surface area contributed by atoms with Crippen molar-refractivity contribution in [2.24, 2.45) is 0 Å². The molecular weight excluding hydrogens is 150 g/mol. The monoisotopic (exact) mass is 173 g/mol. The van der Waals surface area contributed by atoms with Gasteiger partial charge in [0.05, 0.1) is 6.10 Å². The Hall–Kier alpha value is -0.0800. The fraction of sp³-hybridized carbons (Fsp3) is 1.00. The molecular formula is C10H23NO. The fourth-order valence-electron chi connectivity index (χ4n) is 1.19. The van der Waals surface area contributed by atoms with Crippen LogP contribution in [0.5, 0.6) is 0 Å². The van der Waals surface area contributed by atoms with Gasteiger partial charge in [-0.2, -0.15) is 0 Å². The maximum atomic E-state index is 9.42. The smallest absolute Gasteiger partial charge is 0.0664 e. The van der Waals surface area contributed by atoms with Gasteiger partial charge >= 0.3 is 0 Å². The van der Waals surface area contributed by atoms with Gasteiger partial charge in [0.2, 0.25) is 0 Å². The number of aliphatic hydroxyl groups excluding tert-OH is 1. The van der Waals surface area contributed by atoms with Crippen molar-refractivity contribution in [2.75, 3.05) is 19.6 Å². The highest BCUT2D eigenvalue weighted by Gasteiger charge is 2.06. The zero-order chi connectivity index (χ0) is 9.40. The van der Waals surface area contributed by atoms with E-state index < -0.39 is 0 Å². The van der Waals surface area contributed by atoms with E-state index in [2.05, 4.69) is 18.7 Å². The molecule has 12 heavy (non-hydrogen) atoms. The predicted molar refractivity (Wildman–Crippen MR) is 53.3 cm³/mol. The molecule has 0 aromatic rings. The van der Waals surface area contributed by atoms with Gasteiger partial charge in [0.1, 0.15) is 0 Å². The number of hydrogen-bond donors (Lipinski definition) is 1. The van der Waals surface area contributed by atoms with Crippen molar-refractivity contribution in [2.45, 2.75) is 46.1 Å². The first-order chi connectivity index (χ1) is 5.74. The summed E-state index contributed by atoms with van der Waals surface area (Å²) < 4.78 is 0. The van der Waals surface area contributed by atoms with Gasteiger partial charge in [-0.25, -0.2) is 0 Å². The summed E-state index contributed by atoms with van der Waals surface area (Å²) in [6, 6.07) is 0. The Bertz CT molecular complexity index is 95.8. The summed E-state index contributed by atoms with van der Waals surface area (Å²) in [6.45, 7) is 9.40. The Morgan fingerprint density at radius 2 is 1.92 bits per heavy atom. The average molecular weight is 173 g/mol. The molecule has 0 heterocycles. The van der Waals surface area contributed by atoms with Gasteiger partial charge < -0.3 is 10.0 Å². The van der Waals surface area contributed by atoms with Crippen LogP contribution in [0.2, 0.25) is 0 Å². The molecule has 0 amide bonds. The Morgan fingerprint density at radius 1 is 1.25 bits per heavy atom. The molecule has 0 aliphatic carbocycles. The lowest BCUT2D eigenvalue weighted by Crippen LogP contribution is -2.32. The normalized spacial score (nSPS) is 13.8. The molecule has 0 aromatic carbocycles. The Kier molecular flexibility index (Phi) is 7.51. The van der Waals surface area contributed by atoms with Crippen LogP contribution in [0.4, 0.5) is 0 Å². The van der Waals surface area contributed by atoms with Crippen LogP contribution >= 0.6 is 0 Å². The minimum Gasteiger partial charge on any atom is -0.392 e. The average Bonchev–Trinajstić information content (AvgIpc) is 2.11. The minimum absolute atomic E-state index is 0.137. The van der Waals surface area contributed by atoms with Crippen LogP contribution in [0.1, 0.15) is 40.0 Å². The van der Waals surface area contributed by atoms with Gasteiger partial charge in [0.25, 0.3) is 0 Å². The van der Waals surface area contributed by atoms with Crippen molar-refractivity contribution >= 4 is 0 Å². The molecule has 0 spiro atoms. The van der Waals surface area contributed by atoms with Crippen LogP contribution in [0.15, 0.2) is 0 Å². The van der Waals surface area contributed by atoms with E-state index in [1.54, 1.807) is 0 Å².